The second-order valence-electron chi connectivity index (χ2n) is 6.18. The van der Waals surface area contributed by atoms with E-state index in [9.17, 15) is 9.59 Å². The zero-order valence-corrected chi connectivity index (χ0v) is 14.1. The standard InChI is InChI=1S/C18H19N3O2S/c22-16-6-5-13-10-14(9-12-3-1-7-21(16)17(12)13)20-18(23)19-11-15-4-2-8-24-15/h2,4,8-10H,1,3,5-7,11H2,(H2,19,20,23). The highest BCUT2D eigenvalue weighted by Gasteiger charge is 2.29. The lowest BCUT2D eigenvalue weighted by Crippen LogP contribution is -2.39. The van der Waals surface area contributed by atoms with Crippen molar-refractivity contribution >= 4 is 34.6 Å². The zero-order valence-electron chi connectivity index (χ0n) is 13.3. The van der Waals surface area contributed by atoms with Crippen molar-refractivity contribution in [3.05, 3.63) is 45.6 Å². The molecule has 1 aromatic carbocycles. The molecular formula is C18H19N3O2S. The average Bonchev–Trinajstić information content (AvgIpc) is 3.10. The number of nitrogens with one attached hydrogen (secondary N) is 2. The van der Waals surface area contributed by atoms with Crippen LogP contribution in [0.1, 0.15) is 28.8 Å². The summed E-state index contributed by atoms with van der Waals surface area (Å²) in [5, 5.41) is 7.80. The van der Waals surface area contributed by atoms with Crippen molar-refractivity contribution in [3.63, 3.8) is 0 Å². The number of urea groups is 1. The molecule has 0 aliphatic carbocycles. The van der Waals surface area contributed by atoms with E-state index < -0.39 is 0 Å². The summed E-state index contributed by atoms with van der Waals surface area (Å²) in [6.07, 6.45) is 3.25. The summed E-state index contributed by atoms with van der Waals surface area (Å²) >= 11 is 1.62. The summed E-state index contributed by atoms with van der Waals surface area (Å²) in [4.78, 5) is 27.2. The van der Waals surface area contributed by atoms with Gasteiger partial charge in [0.25, 0.3) is 0 Å². The topological polar surface area (TPSA) is 61.4 Å². The molecule has 0 radical (unpaired) electrons. The van der Waals surface area contributed by atoms with Gasteiger partial charge in [0.05, 0.1) is 12.2 Å². The Morgan fingerprint density at radius 1 is 1.21 bits per heavy atom. The molecule has 0 atom stereocenters. The van der Waals surface area contributed by atoms with E-state index in [0.717, 1.165) is 42.1 Å². The minimum absolute atomic E-state index is 0.199. The molecule has 1 aromatic heterocycles. The summed E-state index contributed by atoms with van der Waals surface area (Å²) in [6.45, 7) is 1.34. The van der Waals surface area contributed by atoms with E-state index in [1.807, 2.05) is 34.5 Å². The van der Waals surface area contributed by atoms with Gasteiger partial charge in [-0.05, 0) is 54.0 Å². The molecule has 2 aliphatic rings. The van der Waals surface area contributed by atoms with Crippen LogP contribution >= 0.6 is 11.3 Å². The molecule has 124 valence electrons. The zero-order chi connectivity index (χ0) is 16.5. The van der Waals surface area contributed by atoms with Crippen LogP contribution in [0.2, 0.25) is 0 Å². The number of rotatable bonds is 3. The van der Waals surface area contributed by atoms with Gasteiger partial charge < -0.3 is 15.5 Å². The number of anilines is 2. The van der Waals surface area contributed by atoms with Crippen LogP contribution in [0.5, 0.6) is 0 Å². The van der Waals surface area contributed by atoms with Gasteiger partial charge in [-0.25, -0.2) is 4.79 Å². The lowest BCUT2D eigenvalue weighted by molar-refractivity contribution is -0.119. The number of carbonyl (C=O) groups is 2. The molecule has 0 unspecified atom stereocenters. The van der Waals surface area contributed by atoms with Crippen molar-refractivity contribution < 1.29 is 9.59 Å². The fourth-order valence-electron chi connectivity index (χ4n) is 3.48. The summed E-state index contributed by atoms with van der Waals surface area (Å²) in [7, 11) is 0. The quantitative estimate of drug-likeness (QED) is 0.900. The molecule has 2 aromatic rings. The van der Waals surface area contributed by atoms with Crippen molar-refractivity contribution in [1.82, 2.24) is 5.32 Å². The monoisotopic (exact) mass is 341 g/mol. The smallest absolute Gasteiger partial charge is 0.319 e. The second kappa shape index (κ2) is 6.28. The number of aryl methyl sites for hydroxylation is 2. The first-order valence-corrected chi connectivity index (χ1v) is 9.12. The summed E-state index contributed by atoms with van der Waals surface area (Å²) in [5.74, 6) is 0.220. The first-order valence-electron chi connectivity index (χ1n) is 8.24. The number of benzene rings is 1. The van der Waals surface area contributed by atoms with Gasteiger partial charge in [0.1, 0.15) is 0 Å². The highest BCUT2D eigenvalue weighted by atomic mass is 32.1. The molecule has 5 nitrogen and oxygen atoms in total. The van der Waals surface area contributed by atoms with Gasteiger partial charge in [-0.15, -0.1) is 11.3 Å². The summed E-state index contributed by atoms with van der Waals surface area (Å²) in [5.41, 5.74) is 4.23. The predicted molar refractivity (Wildman–Crippen MR) is 95.6 cm³/mol. The maximum atomic E-state index is 12.1. The van der Waals surface area contributed by atoms with E-state index in [0.29, 0.717) is 13.0 Å². The van der Waals surface area contributed by atoms with Crippen molar-refractivity contribution in [3.8, 4) is 0 Å². The lowest BCUT2D eigenvalue weighted by Gasteiger charge is -2.35. The second-order valence-corrected chi connectivity index (χ2v) is 7.21. The van der Waals surface area contributed by atoms with E-state index in [-0.39, 0.29) is 11.9 Å². The Morgan fingerprint density at radius 2 is 2.04 bits per heavy atom. The Morgan fingerprint density at radius 3 is 2.83 bits per heavy atom. The van der Waals surface area contributed by atoms with E-state index in [1.54, 1.807) is 11.3 Å². The third kappa shape index (κ3) is 2.89. The van der Waals surface area contributed by atoms with Crippen molar-refractivity contribution in [1.29, 1.82) is 0 Å². The van der Waals surface area contributed by atoms with E-state index >= 15 is 0 Å². The molecule has 0 fully saturated rings. The Balaban J connectivity index is 1.50. The molecular weight excluding hydrogens is 322 g/mol. The summed E-state index contributed by atoms with van der Waals surface area (Å²) in [6, 6.07) is 7.79. The maximum Gasteiger partial charge on any atom is 0.319 e. The number of thiophene rings is 1. The van der Waals surface area contributed by atoms with Crippen LogP contribution < -0.4 is 15.5 Å². The van der Waals surface area contributed by atoms with E-state index in [4.69, 9.17) is 0 Å². The molecule has 6 heteroatoms. The van der Waals surface area contributed by atoms with Crippen molar-refractivity contribution in [2.75, 3.05) is 16.8 Å². The van der Waals surface area contributed by atoms with Crippen molar-refractivity contribution in [2.24, 2.45) is 0 Å². The van der Waals surface area contributed by atoms with Crippen LogP contribution in [0.25, 0.3) is 0 Å². The van der Waals surface area contributed by atoms with Crippen LogP contribution in [0, 0.1) is 0 Å². The Bertz CT molecular complexity index is 769. The molecule has 2 aliphatic heterocycles. The van der Waals surface area contributed by atoms with Gasteiger partial charge in [-0.2, -0.15) is 0 Å². The number of amides is 3. The largest absolute Gasteiger partial charge is 0.333 e. The van der Waals surface area contributed by atoms with Crippen LogP contribution in [0.3, 0.4) is 0 Å². The number of hydrogen-bond donors (Lipinski definition) is 2. The van der Waals surface area contributed by atoms with Crippen LogP contribution in [0.15, 0.2) is 29.6 Å². The normalized spacial score (nSPS) is 15.8. The van der Waals surface area contributed by atoms with Crippen LogP contribution in [0.4, 0.5) is 16.2 Å². The Hall–Kier alpha value is -2.34. The molecule has 0 spiro atoms. The lowest BCUT2D eigenvalue weighted by atomic mass is 9.91. The van der Waals surface area contributed by atoms with E-state index in [2.05, 4.69) is 10.6 Å². The molecule has 24 heavy (non-hydrogen) atoms. The Labute approximate surface area is 144 Å². The fraction of sp³-hybridized carbons (Fsp3) is 0.333. The first-order chi connectivity index (χ1) is 11.7. The molecule has 0 saturated heterocycles. The van der Waals surface area contributed by atoms with Crippen molar-refractivity contribution in [2.45, 2.75) is 32.2 Å². The van der Waals surface area contributed by atoms with Crippen LogP contribution in [-0.2, 0) is 24.2 Å². The van der Waals surface area contributed by atoms with Gasteiger partial charge in [0, 0.05) is 23.5 Å². The number of carbonyl (C=O) groups excluding carboxylic acids is 2. The fourth-order valence-corrected chi connectivity index (χ4v) is 4.13. The van der Waals surface area contributed by atoms with Crippen LogP contribution in [-0.4, -0.2) is 18.5 Å². The molecule has 0 bridgehead atoms. The van der Waals surface area contributed by atoms with Gasteiger partial charge in [-0.1, -0.05) is 6.07 Å². The third-order valence-electron chi connectivity index (χ3n) is 4.54. The van der Waals surface area contributed by atoms with Gasteiger partial charge in [0.15, 0.2) is 0 Å². The minimum atomic E-state index is -0.199. The Kier molecular flexibility index (Phi) is 3.98. The first kappa shape index (κ1) is 15.2. The molecule has 3 heterocycles. The van der Waals surface area contributed by atoms with Gasteiger partial charge in [-0.3, -0.25) is 4.79 Å². The summed E-state index contributed by atoms with van der Waals surface area (Å²) < 4.78 is 0. The maximum absolute atomic E-state index is 12.1. The average molecular weight is 341 g/mol. The van der Waals surface area contributed by atoms with E-state index in [1.165, 1.54) is 11.1 Å². The third-order valence-corrected chi connectivity index (χ3v) is 5.41. The number of nitrogens with zero attached hydrogens (tertiary/aromatic N) is 1. The van der Waals surface area contributed by atoms with Gasteiger partial charge in [0.2, 0.25) is 5.91 Å². The molecule has 0 saturated carbocycles. The number of hydrogen-bond acceptors (Lipinski definition) is 3. The SMILES string of the molecule is O=C(NCc1cccs1)Nc1cc2c3c(c1)CCC(=O)N3CCC2. The van der Waals surface area contributed by atoms with Gasteiger partial charge >= 0.3 is 6.03 Å². The molecule has 4 rings (SSSR count). The molecule has 3 amide bonds. The highest BCUT2D eigenvalue weighted by Crippen LogP contribution is 2.37. The highest BCUT2D eigenvalue weighted by molar-refractivity contribution is 7.09. The molecule has 2 N–H and O–H groups in total. The minimum Gasteiger partial charge on any atom is -0.333 e. The predicted octanol–water partition coefficient (Wildman–Crippen LogP) is 3.30.